The number of ether oxygens (including phenoxy) is 1. The highest BCUT2D eigenvalue weighted by atomic mass is 19.4. The average molecular weight is 745 g/mol. The fourth-order valence-electron chi connectivity index (χ4n) is 6.37. The number of carbonyl (C=O) groups excluding carboxylic acids is 2. The number of halogens is 11. The van der Waals surface area contributed by atoms with E-state index in [1.165, 1.54) is 0 Å². The molecule has 0 unspecified atom stereocenters. The third-order valence-electron chi connectivity index (χ3n) is 9.08. The van der Waals surface area contributed by atoms with E-state index in [4.69, 9.17) is 4.74 Å². The maximum atomic E-state index is 13.9. The predicted octanol–water partition coefficient (Wildman–Crippen LogP) is 7.95. The second-order valence-electron chi connectivity index (χ2n) is 12.5. The normalized spacial score (nSPS) is 19.7. The Labute approximate surface area is 282 Å². The molecule has 1 aromatic carbocycles. The number of alkyl halides is 11. The molecule has 20 heteroatoms. The maximum Gasteiger partial charge on any atom is 0.418 e. The Bertz CT molecular complexity index is 1720. The van der Waals surface area contributed by atoms with Crippen LogP contribution in [0, 0.1) is 11.3 Å². The van der Waals surface area contributed by atoms with Gasteiger partial charge in [0.1, 0.15) is 16.5 Å². The molecule has 2 fully saturated rings. The van der Waals surface area contributed by atoms with Crippen LogP contribution >= 0.6 is 0 Å². The molecule has 280 valence electrons. The molecule has 2 aromatic heterocycles. The minimum Gasteiger partial charge on any atom is -0.471 e. The average Bonchev–Trinajstić information content (AvgIpc) is 3.69. The topological polar surface area (TPSA) is 121 Å². The van der Waals surface area contributed by atoms with Gasteiger partial charge in [-0.3, -0.25) is 9.59 Å². The Kier molecular flexibility index (Phi) is 10.6. The monoisotopic (exact) mass is 744 g/mol. The van der Waals surface area contributed by atoms with E-state index < -0.39 is 103 Å². The van der Waals surface area contributed by atoms with Crippen LogP contribution in [0.2, 0.25) is 0 Å². The summed E-state index contributed by atoms with van der Waals surface area (Å²) in [4.78, 5) is 36.4. The van der Waals surface area contributed by atoms with E-state index in [0.29, 0.717) is 6.07 Å². The zero-order valence-electron chi connectivity index (χ0n) is 26.4. The van der Waals surface area contributed by atoms with Crippen molar-refractivity contribution in [2.75, 3.05) is 11.9 Å². The maximum absolute atomic E-state index is 13.9. The molecule has 0 aliphatic heterocycles. The molecule has 0 atom stereocenters. The summed E-state index contributed by atoms with van der Waals surface area (Å²) >= 11 is 0. The number of hydrogen-bond donors (Lipinski definition) is 4. The summed E-state index contributed by atoms with van der Waals surface area (Å²) in [6.07, 6.45) is -18.1. The first kappa shape index (κ1) is 37.9. The predicted molar refractivity (Wildman–Crippen MR) is 158 cm³/mol. The van der Waals surface area contributed by atoms with E-state index in [2.05, 4.69) is 30.9 Å². The number of amides is 2. The van der Waals surface area contributed by atoms with Gasteiger partial charge in [0.25, 0.3) is 12.3 Å². The zero-order chi connectivity index (χ0) is 37.4. The van der Waals surface area contributed by atoms with E-state index >= 15 is 0 Å². The lowest BCUT2D eigenvalue weighted by Gasteiger charge is -2.30. The van der Waals surface area contributed by atoms with E-state index in [1.54, 1.807) is 0 Å². The lowest BCUT2D eigenvalue weighted by molar-refractivity contribution is -0.220. The number of hydrogen-bond acceptors (Lipinski definition) is 6. The minimum absolute atomic E-state index is 0.00863. The van der Waals surface area contributed by atoms with Crippen molar-refractivity contribution >= 4 is 34.6 Å². The van der Waals surface area contributed by atoms with Crippen LogP contribution in [0.25, 0.3) is 11.2 Å². The molecule has 5 rings (SSSR count). The molecule has 0 radical (unpaired) electrons. The number of carbonyl (C=O) groups is 2. The quantitative estimate of drug-likeness (QED) is 0.157. The van der Waals surface area contributed by atoms with Gasteiger partial charge in [-0.05, 0) is 62.3 Å². The SMILES string of the molecule is O=C(N[C@H]1CC[C@H](C(F)(F)F)CC1)c1cc2nc(Nc3cc(CNC(=O)C4(C(F)(F)F)CCCC4)ccc3C(F)(F)F)[nH]c2nc1OCC(F)F. The fraction of sp³-hybridized carbons (Fsp3) is 0.548. The van der Waals surface area contributed by atoms with Crippen LogP contribution in [0.1, 0.15) is 72.9 Å². The van der Waals surface area contributed by atoms with E-state index in [9.17, 15) is 57.9 Å². The molecule has 0 saturated heterocycles. The van der Waals surface area contributed by atoms with Crippen molar-refractivity contribution in [3.63, 3.8) is 0 Å². The van der Waals surface area contributed by atoms with Gasteiger partial charge in [-0.15, -0.1) is 0 Å². The first-order valence-electron chi connectivity index (χ1n) is 15.8. The summed E-state index contributed by atoms with van der Waals surface area (Å²) in [6.45, 7) is -1.73. The lowest BCUT2D eigenvalue weighted by atomic mass is 9.84. The summed E-state index contributed by atoms with van der Waals surface area (Å²) in [7, 11) is 0. The number of fused-ring (bicyclic) bond motifs is 1. The Hall–Kier alpha value is -4.39. The third-order valence-corrected chi connectivity index (χ3v) is 9.08. The number of aromatic amines is 1. The van der Waals surface area contributed by atoms with Gasteiger partial charge in [-0.25, -0.2) is 13.8 Å². The van der Waals surface area contributed by atoms with Gasteiger partial charge in [-0.1, -0.05) is 18.9 Å². The lowest BCUT2D eigenvalue weighted by Crippen LogP contribution is -2.48. The highest BCUT2D eigenvalue weighted by molar-refractivity contribution is 5.99. The molecular formula is C31H31F11N6O3. The van der Waals surface area contributed by atoms with Gasteiger partial charge in [-0.2, -0.15) is 44.5 Å². The molecule has 4 N–H and O–H groups in total. The number of benzene rings is 1. The number of rotatable bonds is 10. The molecule has 0 spiro atoms. The first-order valence-corrected chi connectivity index (χ1v) is 15.8. The van der Waals surface area contributed by atoms with Gasteiger partial charge in [0, 0.05) is 12.6 Å². The van der Waals surface area contributed by atoms with E-state index in [-0.39, 0.29) is 61.2 Å². The molecular weight excluding hydrogens is 713 g/mol. The molecule has 2 aliphatic rings. The number of nitrogens with one attached hydrogen (secondary N) is 4. The van der Waals surface area contributed by atoms with Crippen LogP contribution in [0.3, 0.4) is 0 Å². The van der Waals surface area contributed by atoms with Gasteiger partial charge in [0.2, 0.25) is 17.7 Å². The zero-order valence-corrected chi connectivity index (χ0v) is 26.4. The van der Waals surface area contributed by atoms with Crippen molar-refractivity contribution in [3.8, 4) is 5.88 Å². The highest BCUT2D eigenvalue weighted by Crippen LogP contribution is 2.50. The van der Waals surface area contributed by atoms with Crippen molar-refractivity contribution in [1.29, 1.82) is 0 Å². The Morgan fingerprint density at radius 2 is 1.61 bits per heavy atom. The molecule has 0 bridgehead atoms. The summed E-state index contributed by atoms with van der Waals surface area (Å²) in [5, 5.41) is 7.13. The Balaban J connectivity index is 1.38. The molecule has 2 amide bonds. The van der Waals surface area contributed by atoms with Gasteiger partial charge in [0.15, 0.2) is 12.3 Å². The second kappa shape index (κ2) is 14.3. The van der Waals surface area contributed by atoms with Crippen LogP contribution in [0.5, 0.6) is 5.88 Å². The molecule has 3 aromatic rings. The number of imidazole rings is 1. The number of nitrogens with zero attached hydrogens (tertiary/aromatic N) is 2. The minimum atomic E-state index is -4.93. The molecule has 2 heterocycles. The largest absolute Gasteiger partial charge is 0.471 e. The van der Waals surface area contributed by atoms with Gasteiger partial charge in [0.05, 0.1) is 17.2 Å². The number of pyridine rings is 1. The molecule has 2 saturated carbocycles. The molecule has 51 heavy (non-hydrogen) atoms. The van der Waals surface area contributed by atoms with Crippen LogP contribution < -0.4 is 20.7 Å². The van der Waals surface area contributed by atoms with Crippen molar-refractivity contribution in [1.82, 2.24) is 25.6 Å². The smallest absolute Gasteiger partial charge is 0.418 e. The van der Waals surface area contributed by atoms with Crippen molar-refractivity contribution in [2.45, 2.75) is 88.9 Å². The standard InChI is InChI=1S/C31H31F11N6O3/c32-22(33)14-51-25-18(24(49)44-17-6-4-16(5-7-17)29(34,35)36)12-21-23(47-25)48-27(46-21)45-20-11-15(3-8-19(20)30(37,38)39)13-43-26(50)28(31(40,41)42)9-1-2-10-28/h3,8,11-12,16-17,22H,1-2,4-7,9-10,13-14H2,(H,43,50)(H,44,49)(H2,45,46,47,48)/t16-,17-. The molecule has 2 aliphatic carbocycles. The summed E-state index contributed by atoms with van der Waals surface area (Å²) in [5.41, 5.74) is -5.19. The van der Waals surface area contributed by atoms with E-state index in [1.807, 2.05) is 0 Å². The van der Waals surface area contributed by atoms with Crippen LogP contribution in [-0.4, -0.2) is 58.2 Å². The fourth-order valence-corrected chi connectivity index (χ4v) is 6.37. The van der Waals surface area contributed by atoms with Crippen LogP contribution in [0.4, 0.5) is 59.9 Å². The van der Waals surface area contributed by atoms with Crippen molar-refractivity contribution in [2.24, 2.45) is 11.3 Å². The number of H-pyrrole nitrogens is 1. The molecule has 9 nitrogen and oxygen atoms in total. The Morgan fingerprint density at radius 1 is 0.941 bits per heavy atom. The summed E-state index contributed by atoms with van der Waals surface area (Å²) in [5.74, 6) is -4.72. The van der Waals surface area contributed by atoms with E-state index in [0.717, 1.165) is 18.2 Å². The van der Waals surface area contributed by atoms with Gasteiger partial charge >= 0.3 is 18.5 Å². The summed E-state index contributed by atoms with van der Waals surface area (Å²) < 4.78 is 153. The van der Waals surface area contributed by atoms with Crippen molar-refractivity contribution < 1.29 is 62.6 Å². The summed E-state index contributed by atoms with van der Waals surface area (Å²) in [6, 6.07) is 2.96. The first-order chi connectivity index (χ1) is 23.8. The third kappa shape index (κ3) is 8.57. The van der Waals surface area contributed by atoms with Gasteiger partial charge < -0.3 is 25.7 Å². The van der Waals surface area contributed by atoms with Crippen molar-refractivity contribution in [3.05, 3.63) is 41.0 Å². The number of aromatic nitrogens is 3. The van der Waals surface area contributed by atoms with Crippen LogP contribution in [-0.2, 0) is 17.5 Å². The number of anilines is 2. The highest BCUT2D eigenvalue weighted by Gasteiger charge is 2.60. The Morgan fingerprint density at radius 3 is 2.20 bits per heavy atom. The van der Waals surface area contributed by atoms with Crippen LogP contribution in [0.15, 0.2) is 24.3 Å². The second-order valence-corrected chi connectivity index (χ2v) is 12.5.